The first-order chi connectivity index (χ1) is 7.83. The van der Waals surface area contributed by atoms with Crippen LogP contribution in [0.3, 0.4) is 0 Å². The Morgan fingerprint density at radius 3 is 3.00 bits per heavy atom. The van der Waals surface area contributed by atoms with Crippen molar-refractivity contribution >= 4 is 11.0 Å². The van der Waals surface area contributed by atoms with Crippen LogP contribution >= 0.6 is 0 Å². The number of rotatable bonds is 4. The third kappa shape index (κ3) is 2.12. The molecule has 2 aromatic rings. The summed E-state index contributed by atoms with van der Waals surface area (Å²) in [6.07, 6.45) is 1.38. The highest BCUT2D eigenvalue weighted by atomic mass is 16.1. The van der Waals surface area contributed by atoms with Crippen LogP contribution in [0.15, 0.2) is 35.3 Å². The van der Waals surface area contributed by atoms with E-state index < -0.39 is 0 Å². The van der Waals surface area contributed by atoms with Gasteiger partial charge in [-0.2, -0.15) is 0 Å². The predicted molar refractivity (Wildman–Crippen MR) is 64.5 cm³/mol. The zero-order valence-electron chi connectivity index (χ0n) is 9.31. The molecule has 4 heteroatoms. The highest BCUT2D eigenvalue weighted by Crippen LogP contribution is 2.07. The van der Waals surface area contributed by atoms with Crippen molar-refractivity contribution in [3.63, 3.8) is 0 Å². The van der Waals surface area contributed by atoms with Crippen molar-refractivity contribution in [2.75, 3.05) is 13.1 Å². The van der Waals surface area contributed by atoms with Gasteiger partial charge >= 0.3 is 0 Å². The Morgan fingerprint density at radius 2 is 2.19 bits per heavy atom. The molecule has 0 atom stereocenters. The molecule has 84 valence electrons. The van der Waals surface area contributed by atoms with Crippen LogP contribution in [0.2, 0.25) is 0 Å². The van der Waals surface area contributed by atoms with Gasteiger partial charge in [-0.15, -0.1) is 0 Å². The van der Waals surface area contributed by atoms with Crippen molar-refractivity contribution in [3.05, 3.63) is 40.8 Å². The Labute approximate surface area is 93.9 Å². The van der Waals surface area contributed by atoms with E-state index in [0.29, 0.717) is 6.54 Å². The second-order valence-corrected chi connectivity index (χ2v) is 3.59. The summed E-state index contributed by atoms with van der Waals surface area (Å²) in [4.78, 5) is 15.8. The minimum atomic E-state index is -0.0448. The summed E-state index contributed by atoms with van der Waals surface area (Å²) in [6, 6.07) is 7.69. The van der Waals surface area contributed by atoms with Gasteiger partial charge in [0.1, 0.15) is 0 Å². The number of nitrogens with zero attached hydrogens (tertiary/aromatic N) is 2. The van der Waals surface area contributed by atoms with Crippen LogP contribution in [0.4, 0.5) is 0 Å². The largest absolute Gasteiger partial charge is 0.315 e. The van der Waals surface area contributed by atoms with Crippen LogP contribution in [0.5, 0.6) is 0 Å². The lowest BCUT2D eigenvalue weighted by molar-refractivity contribution is 0.611. The van der Waals surface area contributed by atoms with Gasteiger partial charge in [-0.1, -0.05) is 19.1 Å². The Bertz CT molecular complexity index is 533. The molecule has 2 rings (SSSR count). The summed E-state index contributed by atoms with van der Waals surface area (Å²) in [6.45, 7) is 4.44. The molecule has 0 unspecified atom stereocenters. The van der Waals surface area contributed by atoms with E-state index in [1.54, 1.807) is 4.57 Å². The second-order valence-electron chi connectivity index (χ2n) is 3.59. The maximum atomic E-state index is 11.7. The minimum absolute atomic E-state index is 0.0448. The molecule has 0 radical (unpaired) electrons. The Kier molecular flexibility index (Phi) is 3.31. The van der Waals surface area contributed by atoms with Crippen molar-refractivity contribution in [3.8, 4) is 0 Å². The van der Waals surface area contributed by atoms with Gasteiger partial charge in [0.15, 0.2) is 0 Å². The molecule has 4 nitrogen and oxygen atoms in total. The second kappa shape index (κ2) is 4.90. The number of hydrogen-bond donors (Lipinski definition) is 1. The molecule has 1 N–H and O–H groups in total. The van der Waals surface area contributed by atoms with Crippen molar-refractivity contribution in [1.82, 2.24) is 14.9 Å². The lowest BCUT2D eigenvalue weighted by Crippen LogP contribution is -2.27. The molecule has 0 aliphatic heterocycles. The summed E-state index contributed by atoms with van der Waals surface area (Å²) in [5, 5.41) is 3.21. The Morgan fingerprint density at radius 1 is 1.38 bits per heavy atom. The molecule has 0 saturated carbocycles. The number of fused-ring (bicyclic) bond motifs is 1. The van der Waals surface area contributed by atoms with E-state index in [9.17, 15) is 4.79 Å². The average molecular weight is 217 g/mol. The van der Waals surface area contributed by atoms with E-state index in [1.807, 2.05) is 31.2 Å². The summed E-state index contributed by atoms with van der Waals surface area (Å²) >= 11 is 0. The summed E-state index contributed by atoms with van der Waals surface area (Å²) in [7, 11) is 0. The van der Waals surface area contributed by atoms with Gasteiger partial charge in [0.25, 0.3) is 5.56 Å². The lowest BCUT2D eigenvalue weighted by atomic mass is 10.3. The normalized spacial score (nSPS) is 10.8. The van der Waals surface area contributed by atoms with Crippen LogP contribution in [0, 0.1) is 0 Å². The van der Waals surface area contributed by atoms with Gasteiger partial charge in [0.2, 0.25) is 0 Å². The molecular weight excluding hydrogens is 202 g/mol. The fourth-order valence-electron chi connectivity index (χ4n) is 1.71. The average Bonchev–Trinajstić information content (AvgIpc) is 2.32. The molecule has 0 bridgehead atoms. The fourth-order valence-corrected chi connectivity index (χ4v) is 1.71. The Balaban J connectivity index is 2.41. The SMILES string of the molecule is CCNCCn1c(=O)cnc2ccccc21. The monoisotopic (exact) mass is 217 g/mol. The van der Waals surface area contributed by atoms with Crippen molar-refractivity contribution in [2.24, 2.45) is 0 Å². The first-order valence-electron chi connectivity index (χ1n) is 5.48. The van der Waals surface area contributed by atoms with Gasteiger partial charge in [-0.05, 0) is 18.7 Å². The number of aromatic nitrogens is 2. The van der Waals surface area contributed by atoms with Crippen molar-refractivity contribution in [1.29, 1.82) is 0 Å². The van der Waals surface area contributed by atoms with E-state index >= 15 is 0 Å². The quantitative estimate of drug-likeness (QED) is 0.777. The number of benzene rings is 1. The third-order valence-corrected chi connectivity index (χ3v) is 2.51. The van der Waals surface area contributed by atoms with Crippen LogP contribution in [-0.4, -0.2) is 22.6 Å². The van der Waals surface area contributed by atoms with Gasteiger partial charge in [-0.3, -0.25) is 4.79 Å². The molecule has 1 heterocycles. The molecule has 1 aromatic heterocycles. The van der Waals surface area contributed by atoms with Crippen LogP contribution in [0.1, 0.15) is 6.92 Å². The predicted octanol–water partition coefficient (Wildman–Crippen LogP) is 1.01. The molecule has 16 heavy (non-hydrogen) atoms. The van der Waals surface area contributed by atoms with E-state index in [2.05, 4.69) is 10.3 Å². The van der Waals surface area contributed by atoms with Gasteiger partial charge in [0.05, 0.1) is 17.2 Å². The first kappa shape index (κ1) is 10.8. The van der Waals surface area contributed by atoms with E-state index in [1.165, 1.54) is 6.20 Å². The Hall–Kier alpha value is -1.68. The highest BCUT2D eigenvalue weighted by Gasteiger charge is 2.02. The molecule has 0 saturated heterocycles. The van der Waals surface area contributed by atoms with E-state index in [4.69, 9.17) is 0 Å². The van der Waals surface area contributed by atoms with Crippen LogP contribution in [-0.2, 0) is 6.54 Å². The topological polar surface area (TPSA) is 46.9 Å². The van der Waals surface area contributed by atoms with E-state index in [0.717, 1.165) is 24.1 Å². The fraction of sp³-hybridized carbons (Fsp3) is 0.333. The molecule has 1 aromatic carbocycles. The standard InChI is InChI=1S/C12H15N3O/c1-2-13-7-8-15-11-6-4-3-5-10(11)14-9-12(15)16/h3-6,9,13H,2,7-8H2,1H3. The zero-order valence-corrected chi connectivity index (χ0v) is 9.31. The molecule has 0 amide bonds. The highest BCUT2D eigenvalue weighted by molar-refractivity contribution is 5.74. The van der Waals surface area contributed by atoms with Crippen LogP contribution in [0.25, 0.3) is 11.0 Å². The summed E-state index contributed by atoms with van der Waals surface area (Å²) in [5.74, 6) is 0. The first-order valence-corrected chi connectivity index (χ1v) is 5.48. The number of para-hydroxylation sites is 2. The summed E-state index contributed by atoms with van der Waals surface area (Å²) < 4.78 is 1.75. The molecule has 0 aliphatic rings. The number of nitrogens with one attached hydrogen (secondary N) is 1. The molecule has 0 fully saturated rings. The van der Waals surface area contributed by atoms with Crippen molar-refractivity contribution < 1.29 is 0 Å². The minimum Gasteiger partial charge on any atom is -0.315 e. The summed E-state index contributed by atoms with van der Waals surface area (Å²) in [5.41, 5.74) is 1.71. The molecular formula is C12H15N3O. The third-order valence-electron chi connectivity index (χ3n) is 2.51. The number of likely N-dealkylation sites (N-methyl/N-ethyl adjacent to an activating group) is 1. The molecule has 0 aliphatic carbocycles. The van der Waals surface area contributed by atoms with Gasteiger partial charge in [-0.25, -0.2) is 4.98 Å². The van der Waals surface area contributed by atoms with Crippen molar-refractivity contribution in [2.45, 2.75) is 13.5 Å². The molecule has 0 spiro atoms. The lowest BCUT2D eigenvalue weighted by Gasteiger charge is -2.09. The smallest absolute Gasteiger partial charge is 0.269 e. The van der Waals surface area contributed by atoms with E-state index in [-0.39, 0.29) is 5.56 Å². The zero-order chi connectivity index (χ0) is 11.4. The maximum Gasteiger partial charge on any atom is 0.269 e. The van der Waals surface area contributed by atoms with Gasteiger partial charge < -0.3 is 9.88 Å². The van der Waals surface area contributed by atoms with Gasteiger partial charge in [0, 0.05) is 13.1 Å². The number of hydrogen-bond acceptors (Lipinski definition) is 3. The van der Waals surface area contributed by atoms with Crippen LogP contribution < -0.4 is 10.9 Å². The maximum absolute atomic E-state index is 11.7.